The third kappa shape index (κ3) is 2.58. The molecule has 1 aromatic rings. The molecular formula is C14H22N2O2. The molecule has 0 saturated carbocycles. The van der Waals surface area contributed by atoms with Crippen LogP contribution in [0.15, 0.2) is 16.5 Å². The number of likely N-dealkylation sites (tertiary alicyclic amines) is 1. The van der Waals surface area contributed by atoms with E-state index in [1.165, 1.54) is 0 Å². The fourth-order valence-electron chi connectivity index (χ4n) is 2.64. The Balaban J connectivity index is 2.07. The Morgan fingerprint density at radius 1 is 1.50 bits per heavy atom. The summed E-state index contributed by atoms with van der Waals surface area (Å²) < 4.78 is 5.47. The van der Waals surface area contributed by atoms with Crippen molar-refractivity contribution in [2.24, 2.45) is 5.73 Å². The van der Waals surface area contributed by atoms with E-state index in [-0.39, 0.29) is 11.4 Å². The largest absolute Gasteiger partial charge is 0.466 e. The van der Waals surface area contributed by atoms with Crippen LogP contribution in [-0.4, -0.2) is 29.4 Å². The quantitative estimate of drug-likeness (QED) is 0.890. The first-order valence-corrected chi connectivity index (χ1v) is 6.61. The molecular weight excluding hydrogens is 228 g/mol. The molecule has 100 valence electrons. The lowest BCUT2D eigenvalue weighted by atomic mass is 9.88. The maximum Gasteiger partial charge on any atom is 0.230 e. The molecule has 2 N–H and O–H groups in total. The number of nitrogens with zero attached hydrogens (tertiary/aromatic N) is 1. The van der Waals surface area contributed by atoms with Crippen LogP contribution in [0.25, 0.3) is 0 Å². The molecule has 1 atom stereocenters. The molecule has 1 saturated heterocycles. The molecule has 1 aromatic heterocycles. The number of amides is 1. The van der Waals surface area contributed by atoms with Gasteiger partial charge in [-0.3, -0.25) is 4.79 Å². The van der Waals surface area contributed by atoms with Crippen LogP contribution in [0.5, 0.6) is 0 Å². The van der Waals surface area contributed by atoms with Gasteiger partial charge in [-0.2, -0.15) is 0 Å². The van der Waals surface area contributed by atoms with Gasteiger partial charge >= 0.3 is 0 Å². The second kappa shape index (κ2) is 5.14. The van der Waals surface area contributed by atoms with Crippen molar-refractivity contribution >= 4 is 5.91 Å². The Bertz CT molecular complexity index is 427. The highest BCUT2D eigenvalue weighted by atomic mass is 16.3. The molecule has 1 fully saturated rings. The predicted octanol–water partition coefficient (Wildman–Crippen LogP) is 1.86. The molecule has 1 aliphatic rings. The fourth-order valence-corrected chi connectivity index (χ4v) is 2.64. The second-order valence-electron chi connectivity index (χ2n) is 5.39. The Kier molecular flexibility index (Phi) is 3.76. The van der Waals surface area contributed by atoms with Gasteiger partial charge in [-0.15, -0.1) is 0 Å². The van der Waals surface area contributed by atoms with Gasteiger partial charge in [0, 0.05) is 13.1 Å². The molecule has 0 bridgehead atoms. The van der Waals surface area contributed by atoms with E-state index in [0.717, 1.165) is 37.3 Å². The van der Waals surface area contributed by atoms with Gasteiger partial charge in [0.2, 0.25) is 5.91 Å². The zero-order valence-corrected chi connectivity index (χ0v) is 11.2. The average Bonchev–Trinajstić information content (AvgIpc) is 2.75. The molecule has 1 unspecified atom stereocenters. The van der Waals surface area contributed by atoms with Crippen LogP contribution in [0, 0.1) is 6.92 Å². The second-order valence-corrected chi connectivity index (χ2v) is 5.39. The Hall–Kier alpha value is -1.29. The van der Waals surface area contributed by atoms with Crippen LogP contribution in [0.2, 0.25) is 0 Å². The number of aryl methyl sites for hydroxylation is 1. The van der Waals surface area contributed by atoms with Gasteiger partial charge in [-0.25, -0.2) is 0 Å². The van der Waals surface area contributed by atoms with Crippen molar-refractivity contribution in [2.45, 2.75) is 45.1 Å². The number of hydrogen-bond acceptors (Lipinski definition) is 3. The summed E-state index contributed by atoms with van der Waals surface area (Å²) in [7, 11) is 0. The van der Waals surface area contributed by atoms with Gasteiger partial charge < -0.3 is 15.1 Å². The van der Waals surface area contributed by atoms with E-state index >= 15 is 0 Å². The maximum atomic E-state index is 12.4. The van der Waals surface area contributed by atoms with Crippen LogP contribution in [0.4, 0.5) is 0 Å². The lowest BCUT2D eigenvalue weighted by molar-refractivity contribution is -0.138. The summed E-state index contributed by atoms with van der Waals surface area (Å²) in [5.74, 6) is 1.71. The predicted molar refractivity (Wildman–Crippen MR) is 70.2 cm³/mol. The van der Waals surface area contributed by atoms with E-state index in [1.54, 1.807) is 0 Å². The third-order valence-corrected chi connectivity index (χ3v) is 3.86. The van der Waals surface area contributed by atoms with E-state index in [4.69, 9.17) is 10.2 Å². The van der Waals surface area contributed by atoms with Crippen LogP contribution >= 0.6 is 0 Å². The highest BCUT2D eigenvalue weighted by Gasteiger charge is 2.36. The molecule has 2 rings (SSSR count). The smallest absolute Gasteiger partial charge is 0.230 e. The lowest BCUT2D eigenvalue weighted by Crippen LogP contribution is -2.57. The molecule has 1 amide bonds. The first kappa shape index (κ1) is 13.1. The van der Waals surface area contributed by atoms with E-state index < -0.39 is 0 Å². The molecule has 0 aliphatic carbocycles. The van der Waals surface area contributed by atoms with Crippen molar-refractivity contribution in [3.63, 3.8) is 0 Å². The van der Waals surface area contributed by atoms with E-state index in [2.05, 4.69) is 6.92 Å². The van der Waals surface area contributed by atoms with Gasteiger partial charge in [-0.1, -0.05) is 0 Å². The topological polar surface area (TPSA) is 59.5 Å². The highest BCUT2D eigenvalue weighted by Crippen LogP contribution is 2.27. The first-order valence-electron chi connectivity index (χ1n) is 6.61. The van der Waals surface area contributed by atoms with Gasteiger partial charge in [0.15, 0.2) is 0 Å². The van der Waals surface area contributed by atoms with E-state index in [0.29, 0.717) is 13.0 Å². The lowest BCUT2D eigenvalue weighted by Gasteiger charge is -2.44. The maximum absolute atomic E-state index is 12.4. The van der Waals surface area contributed by atoms with Crippen LogP contribution in [0.3, 0.4) is 0 Å². The molecule has 0 aromatic carbocycles. The number of rotatable bonds is 3. The van der Waals surface area contributed by atoms with Gasteiger partial charge in [0.1, 0.15) is 11.5 Å². The monoisotopic (exact) mass is 250 g/mol. The number of hydrogen-bond donors (Lipinski definition) is 1. The molecule has 4 heteroatoms. The summed E-state index contributed by atoms with van der Waals surface area (Å²) >= 11 is 0. The molecule has 4 nitrogen and oxygen atoms in total. The normalized spacial score (nSPS) is 24.3. The highest BCUT2D eigenvalue weighted by molar-refractivity contribution is 5.79. The van der Waals surface area contributed by atoms with Crippen LogP contribution < -0.4 is 5.73 Å². The summed E-state index contributed by atoms with van der Waals surface area (Å²) in [5, 5.41) is 0. The molecule has 0 spiro atoms. The minimum atomic E-state index is -0.184. The summed E-state index contributed by atoms with van der Waals surface area (Å²) in [5.41, 5.74) is 5.66. The standard InChI is InChI=1S/C14H22N2O2/c1-11-5-6-12(18-11)9-13(17)16-8-4-3-7-14(16,2)10-15/h5-6H,3-4,7-10,15H2,1-2H3. The average molecular weight is 250 g/mol. The number of nitrogens with two attached hydrogens (primary N) is 1. The first-order chi connectivity index (χ1) is 8.55. The minimum Gasteiger partial charge on any atom is -0.466 e. The van der Waals surface area contributed by atoms with Crippen molar-refractivity contribution in [2.75, 3.05) is 13.1 Å². The van der Waals surface area contributed by atoms with E-state index in [1.807, 2.05) is 24.0 Å². The zero-order valence-electron chi connectivity index (χ0n) is 11.2. The number of carbonyl (C=O) groups excluding carboxylic acids is 1. The van der Waals surface area contributed by atoms with Gasteiger partial charge in [-0.05, 0) is 45.2 Å². The Morgan fingerprint density at radius 3 is 2.89 bits per heavy atom. The zero-order chi connectivity index (χ0) is 13.2. The SMILES string of the molecule is Cc1ccc(CC(=O)N2CCCCC2(C)CN)o1. The van der Waals surface area contributed by atoms with Crippen LogP contribution in [0.1, 0.15) is 37.7 Å². The van der Waals surface area contributed by atoms with Crippen molar-refractivity contribution < 1.29 is 9.21 Å². The summed E-state index contributed by atoms with van der Waals surface area (Å²) in [4.78, 5) is 14.3. The summed E-state index contributed by atoms with van der Waals surface area (Å²) in [6.07, 6.45) is 3.55. The number of carbonyl (C=O) groups is 1. The van der Waals surface area contributed by atoms with Gasteiger partial charge in [0.05, 0.1) is 12.0 Å². The Labute approximate surface area is 108 Å². The molecule has 2 heterocycles. The van der Waals surface area contributed by atoms with E-state index in [9.17, 15) is 4.79 Å². The summed E-state index contributed by atoms with van der Waals surface area (Å²) in [6.45, 7) is 5.30. The minimum absolute atomic E-state index is 0.122. The molecule has 0 radical (unpaired) electrons. The fraction of sp³-hybridized carbons (Fsp3) is 0.643. The number of piperidine rings is 1. The van der Waals surface area contributed by atoms with Crippen molar-refractivity contribution in [3.05, 3.63) is 23.7 Å². The molecule has 18 heavy (non-hydrogen) atoms. The third-order valence-electron chi connectivity index (χ3n) is 3.86. The number of furan rings is 1. The van der Waals surface area contributed by atoms with Crippen molar-refractivity contribution in [1.29, 1.82) is 0 Å². The van der Waals surface area contributed by atoms with Crippen LogP contribution in [-0.2, 0) is 11.2 Å². The van der Waals surface area contributed by atoms with Gasteiger partial charge in [0.25, 0.3) is 0 Å². The summed E-state index contributed by atoms with van der Waals surface area (Å²) in [6, 6.07) is 3.76. The Morgan fingerprint density at radius 2 is 2.28 bits per heavy atom. The van der Waals surface area contributed by atoms with Crippen molar-refractivity contribution in [3.8, 4) is 0 Å². The molecule has 1 aliphatic heterocycles. The van der Waals surface area contributed by atoms with Crippen molar-refractivity contribution in [1.82, 2.24) is 4.90 Å².